The molecule has 182 valence electrons. The minimum absolute atomic E-state index is 0.219. The Balaban J connectivity index is 1.47. The number of fused-ring (bicyclic) bond motifs is 1. The smallest absolute Gasteiger partial charge is 0.258 e. The summed E-state index contributed by atoms with van der Waals surface area (Å²) in [6.45, 7) is 12.6. The molecular weight excluding hydrogens is 525 g/mol. The monoisotopic (exact) mass is 548 g/mol. The first-order valence-corrected chi connectivity index (χ1v) is 14.9. The summed E-state index contributed by atoms with van der Waals surface area (Å²) in [5.74, 6) is -0.438. The lowest BCUT2D eigenvalue weighted by molar-refractivity contribution is -0.117. The summed E-state index contributed by atoms with van der Waals surface area (Å²) < 4.78 is 0. The molecule has 0 radical (unpaired) electrons. The zero-order valence-corrected chi connectivity index (χ0v) is 24.0. The minimum atomic E-state index is -0.219. The van der Waals surface area contributed by atoms with Crippen molar-refractivity contribution in [1.29, 1.82) is 0 Å². The Morgan fingerprint density at radius 2 is 0.861 bits per heavy atom. The number of nitrogens with one attached hydrogen (secondary N) is 2. The highest BCUT2D eigenvalue weighted by molar-refractivity contribution is 7.23. The van der Waals surface area contributed by atoms with Crippen LogP contribution in [-0.2, 0) is 9.59 Å². The molecule has 6 rings (SSSR count). The second kappa shape index (κ2) is 8.38. The fourth-order valence-corrected chi connectivity index (χ4v) is 9.72. The van der Waals surface area contributed by atoms with Crippen LogP contribution in [0, 0.1) is 41.5 Å². The normalized spacial score (nSPS) is 15.3. The molecule has 2 N–H and O–H groups in total. The average Bonchev–Trinajstić information content (AvgIpc) is 3.61. The van der Waals surface area contributed by atoms with Crippen LogP contribution in [0.2, 0.25) is 0 Å². The van der Waals surface area contributed by atoms with E-state index in [2.05, 4.69) is 62.6 Å². The molecule has 4 aromatic heterocycles. The van der Waals surface area contributed by atoms with Crippen LogP contribution in [0.25, 0.3) is 30.9 Å². The van der Waals surface area contributed by atoms with Crippen LogP contribution in [0.1, 0.15) is 41.8 Å². The SMILES string of the molecule is Cc1cc(C)c(-c2cc(C)c(C3=C4C(=O)NC(c5sc(-c6sc(C)cc6C)cc5C)=C4C(=O)N3)s2)s1. The van der Waals surface area contributed by atoms with Gasteiger partial charge in [-0.15, -0.1) is 45.3 Å². The summed E-state index contributed by atoms with van der Waals surface area (Å²) in [6.07, 6.45) is 0. The number of hydrogen-bond donors (Lipinski definition) is 2. The third-order valence-corrected chi connectivity index (χ3v) is 11.7. The van der Waals surface area contributed by atoms with Gasteiger partial charge >= 0.3 is 0 Å². The Bertz CT molecular complexity index is 1560. The molecule has 2 aliphatic heterocycles. The lowest BCUT2D eigenvalue weighted by Crippen LogP contribution is -2.21. The topological polar surface area (TPSA) is 58.2 Å². The standard InChI is InChI=1S/C28H24N2O2S4/c1-11-7-15(5)33-23(11)17-9-13(3)25(35-17)21-19-20(28(32)29-21)22(30-27(19)31)26-14(4)10-18(36-26)24-12(2)8-16(6)34-24/h7-10H,1-6H3,(H,29,32)(H,30,31). The van der Waals surface area contributed by atoms with E-state index in [1.807, 2.05) is 13.8 Å². The van der Waals surface area contributed by atoms with Crippen LogP contribution in [0.4, 0.5) is 0 Å². The van der Waals surface area contributed by atoms with Crippen molar-refractivity contribution in [1.82, 2.24) is 10.6 Å². The molecular formula is C28H24N2O2S4. The van der Waals surface area contributed by atoms with Crippen LogP contribution in [-0.4, -0.2) is 11.8 Å². The third kappa shape index (κ3) is 3.58. The average molecular weight is 549 g/mol. The van der Waals surface area contributed by atoms with Gasteiger partial charge in [0, 0.05) is 29.3 Å². The van der Waals surface area contributed by atoms with E-state index in [9.17, 15) is 9.59 Å². The third-order valence-electron chi connectivity index (χ3n) is 6.50. The maximum Gasteiger partial charge on any atom is 0.258 e. The number of rotatable bonds is 4. The molecule has 0 bridgehead atoms. The lowest BCUT2D eigenvalue weighted by atomic mass is 10.1. The quantitative estimate of drug-likeness (QED) is 0.277. The zero-order chi connectivity index (χ0) is 25.5. The van der Waals surface area contributed by atoms with Gasteiger partial charge in [-0.3, -0.25) is 9.59 Å². The Kier molecular flexibility index (Phi) is 5.50. The van der Waals surface area contributed by atoms with Gasteiger partial charge in [0.25, 0.3) is 11.8 Å². The van der Waals surface area contributed by atoms with Crippen molar-refractivity contribution < 1.29 is 9.59 Å². The largest absolute Gasteiger partial charge is 0.320 e. The van der Waals surface area contributed by atoms with Gasteiger partial charge in [-0.25, -0.2) is 0 Å². The van der Waals surface area contributed by atoms with Crippen molar-refractivity contribution in [2.45, 2.75) is 41.5 Å². The summed E-state index contributed by atoms with van der Waals surface area (Å²) in [5.41, 5.74) is 6.79. The van der Waals surface area contributed by atoms with Gasteiger partial charge in [0.15, 0.2) is 0 Å². The van der Waals surface area contributed by atoms with Gasteiger partial charge in [-0.2, -0.15) is 0 Å². The fourth-order valence-electron chi connectivity index (χ4n) is 4.98. The number of hydrogen-bond acceptors (Lipinski definition) is 6. The van der Waals surface area contributed by atoms with Crippen molar-refractivity contribution in [2.75, 3.05) is 0 Å². The second-order valence-electron chi connectivity index (χ2n) is 9.39. The predicted octanol–water partition coefficient (Wildman–Crippen LogP) is 7.50. The number of thiophene rings is 4. The molecule has 0 saturated carbocycles. The first-order chi connectivity index (χ1) is 17.1. The van der Waals surface area contributed by atoms with Crippen molar-refractivity contribution in [2.24, 2.45) is 0 Å². The molecule has 0 fully saturated rings. The Morgan fingerprint density at radius 1 is 0.500 bits per heavy atom. The lowest BCUT2D eigenvalue weighted by Gasteiger charge is -2.06. The zero-order valence-electron chi connectivity index (χ0n) is 20.8. The Morgan fingerprint density at radius 3 is 1.19 bits per heavy atom. The maximum absolute atomic E-state index is 13.3. The first-order valence-electron chi connectivity index (χ1n) is 11.6. The fraction of sp³-hybridized carbons (Fsp3) is 0.214. The van der Waals surface area contributed by atoms with E-state index in [1.54, 1.807) is 45.3 Å². The van der Waals surface area contributed by atoms with Crippen LogP contribution < -0.4 is 10.6 Å². The van der Waals surface area contributed by atoms with E-state index in [4.69, 9.17) is 0 Å². The van der Waals surface area contributed by atoms with E-state index in [1.165, 1.54) is 30.6 Å². The minimum Gasteiger partial charge on any atom is -0.320 e. The molecule has 0 unspecified atom stereocenters. The first kappa shape index (κ1) is 23.6. The molecule has 2 amide bonds. The summed E-state index contributed by atoms with van der Waals surface area (Å²) in [4.78, 5) is 35.8. The molecule has 4 aromatic rings. The molecule has 8 heteroatoms. The molecule has 0 aromatic carbocycles. The van der Waals surface area contributed by atoms with Crippen LogP contribution >= 0.6 is 45.3 Å². The van der Waals surface area contributed by atoms with Crippen molar-refractivity contribution in [3.8, 4) is 19.5 Å². The number of aryl methyl sites for hydroxylation is 6. The van der Waals surface area contributed by atoms with Crippen molar-refractivity contribution in [3.05, 3.63) is 77.2 Å². The van der Waals surface area contributed by atoms with Gasteiger partial charge in [-0.05, 0) is 88.1 Å². The Labute approximate surface area is 226 Å². The van der Waals surface area contributed by atoms with Gasteiger partial charge < -0.3 is 10.6 Å². The second-order valence-corrected chi connectivity index (χ2v) is 14.0. The van der Waals surface area contributed by atoms with Crippen molar-refractivity contribution in [3.63, 3.8) is 0 Å². The molecule has 0 spiro atoms. The highest BCUT2D eigenvalue weighted by Crippen LogP contribution is 2.47. The Hall–Kier alpha value is -2.78. The molecule has 0 atom stereocenters. The molecule has 4 nitrogen and oxygen atoms in total. The van der Waals surface area contributed by atoms with E-state index in [-0.39, 0.29) is 11.8 Å². The predicted molar refractivity (Wildman–Crippen MR) is 154 cm³/mol. The summed E-state index contributed by atoms with van der Waals surface area (Å²) >= 11 is 6.82. The summed E-state index contributed by atoms with van der Waals surface area (Å²) in [5, 5.41) is 6.08. The van der Waals surface area contributed by atoms with Crippen molar-refractivity contribution >= 4 is 68.6 Å². The molecule has 2 aliphatic rings. The van der Waals surface area contributed by atoms with Gasteiger partial charge in [0.1, 0.15) is 0 Å². The van der Waals surface area contributed by atoms with Gasteiger partial charge in [0.2, 0.25) is 0 Å². The molecule has 0 aliphatic carbocycles. The van der Waals surface area contributed by atoms with Gasteiger partial charge in [-0.1, -0.05) is 0 Å². The number of amides is 2. The van der Waals surface area contributed by atoms with Gasteiger partial charge in [0.05, 0.1) is 32.3 Å². The van der Waals surface area contributed by atoms with E-state index in [0.717, 1.165) is 30.6 Å². The van der Waals surface area contributed by atoms with Crippen LogP contribution in [0.5, 0.6) is 0 Å². The highest BCUT2D eigenvalue weighted by atomic mass is 32.1. The van der Waals surface area contributed by atoms with Crippen LogP contribution in [0.15, 0.2) is 35.4 Å². The number of carbonyl (C=O) groups is 2. The van der Waals surface area contributed by atoms with Crippen LogP contribution in [0.3, 0.4) is 0 Å². The van der Waals surface area contributed by atoms with E-state index < -0.39 is 0 Å². The molecule has 6 heterocycles. The summed E-state index contributed by atoms with van der Waals surface area (Å²) in [7, 11) is 0. The molecule has 36 heavy (non-hydrogen) atoms. The highest BCUT2D eigenvalue weighted by Gasteiger charge is 2.42. The maximum atomic E-state index is 13.3. The number of carbonyl (C=O) groups excluding carboxylic acids is 2. The van der Waals surface area contributed by atoms with E-state index >= 15 is 0 Å². The molecule has 0 saturated heterocycles. The van der Waals surface area contributed by atoms with E-state index in [0.29, 0.717) is 22.5 Å². The summed E-state index contributed by atoms with van der Waals surface area (Å²) in [6, 6.07) is 8.72.